The maximum absolute atomic E-state index is 9.80. The summed E-state index contributed by atoms with van der Waals surface area (Å²) in [6.07, 6.45) is 3.37. The van der Waals surface area contributed by atoms with Crippen molar-refractivity contribution in [3.63, 3.8) is 0 Å². The third kappa shape index (κ3) is 1.59. The molecule has 0 aliphatic heterocycles. The van der Waals surface area contributed by atoms with E-state index in [-0.39, 0.29) is 6.10 Å². The minimum atomic E-state index is -0.741. The molecule has 0 unspecified atom stereocenters. The van der Waals surface area contributed by atoms with Gasteiger partial charge in [-0.05, 0) is 12.2 Å². The van der Waals surface area contributed by atoms with E-state index in [1.165, 1.54) is 0 Å². The number of carbonyl (C=O) groups is 1. The van der Waals surface area contributed by atoms with Crippen LogP contribution in [0.3, 0.4) is 0 Å². The van der Waals surface area contributed by atoms with Gasteiger partial charge in [0.2, 0.25) is 0 Å². The average molecular weight is 119 g/mol. The van der Waals surface area contributed by atoms with Crippen LogP contribution in [0.2, 0.25) is 0 Å². The lowest BCUT2D eigenvalue weighted by Crippen LogP contribution is -1.95. The molecule has 1 aliphatic carbocycles. The first kappa shape index (κ1) is 4.65. The fraction of sp³-hybridized carbons (Fsp3) is 0.250. The summed E-state index contributed by atoms with van der Waals surface area (Å²) < 4.78 is 4.38. The molecule has 0 aromatic carbocycles. The third-order valence-corrected chi connectivity index (χ3v) is 0.667. The molecular weight excluding hydrogens is 115 g/mol. The third-order valence-electron chi connectivity index (χ3n) is 0.578. The zero-order valence-electron chi connectivity index (χ0n) is 3.43. The minimum Gasteiger partial charge on any atom is -0.442 e. The van der Waals surface area contributed by atoms with Gasteiger partial charge in [0.15, 0.2) is 0 Å². The van der Waals surface area contributed by atoms with Gasteiger partial charge < -0.3 is 4.74 Å². The topological polar surface area (TPSA) is 26.3 Å². The van der Waals surface area contributed by atoms with Crippen molar-refractivity contribution < 1.29 is 9.53 Å². The fourth-order valence-corrected chi connectivity index (χ4v) is 0.334. The molecule has 0 bridgehead atoms. The van der Waals surface area contributed by atoms with Gasteiger partial charge in [-0.15, -0.1) is 0 Å². The van der Waals surface area contributed by atoms with Crippen molar-refractivity contribution in [2.24, 2.45) is 0 Å². The van der Waals surface area contributed by atoms with E-state index in [0.29, 0.717) is 0 Å². The van der Waals surface area contributed by atoms with E-state index in [4.69, 9.17) is 11.6 Å². The predicted molar refractivity (Wildman–Crippen MR) is 25.3 cm³/mol. The number of hydrogen-bond donors (Lipinski definition) is 0. The van der Waals surface area contributed by atoms with Crippen LogP contribution in [0.25, 0.3) is 0 Å². The van der Waals surface area contributed by atoms with Gasteiger partial charge in [-0.1, -0.05) is 0 Å². The number of ether oxygens (including phenoxy) is 1. The van der Waals surface area contributed by atoms with E-state index in [1.54, 1.807) is 12.2 Å². The lowest BCUT2D eigenvalue weighted by atomic mass is 10.8. The Hall–Kier alpha value is -0.500. The van der Waals surface area contributed by atoms with Gasteiger partial charge in [0.25, 0.3) is 0 Å². The summed E-state index contributed by atoms with van der Waals surface area (Å²) in [6, 6.07) is 0. The Morgan fingerprint density at radius 3 is 2.43 bits per heavy atom. The lowest BCUT2D eigenvalue weighted by Gasteiger charge is -1.90. The van der Waals surface area contributed by atoms with Crippen LogP contribution in [0, 0.1) is 0 Å². The summed E-state index contributed by atoms with van der Waals surface area (Å²) in [5.41, 5.74) is -0.741. The maximum atomic E-state index is 9.80. The molecule has 0 saturated carbocycles. The highest BCUT2D eigenvalue weighted by Crippen LogP contribution is 2.11. The van der Waals surface area contributed by atoms with Crippen molar-refractivity contribution in [3.8, 4) is 0 Å². The van der Waals surface area contributed by atoms with E-state index in [9.17, 15) is 4.79 Å². The zero-order chi connectivity index (χ0) is 5.28. The molecule has 0 aromatic heterocycles. The molecule has 0 saturated heterocycles. The zero-order valence-corrected chi connectivity index (χ0v) is 4.18. The normalized spacial score (nSPS) is 16.7. The quantitative estimate of drug-likeness (QED) is 0.383. The number of carbonyl (C=O) groups excluding carboxylic acids is 1. The smallest absolute Gasteiger partial charge is 0.404 e. The van der Waals surface area contributed by atoms with Crippen LogP contribution in [-0.4, -0.2) is 11.5 Å². The molecule has 0 N–H and O–H groups in total. The minimum absolute atomic E-state index is 0.106. The molecule has 1 rings (SSSR count). The van der Waals surface area contributed by atoms with Gasteiger partial charge >= 0.3 is 5.43 Å². The molecule has 2 nitrogen and oxygen atoms in total. The van der Waals surface area contributed by atoms with Crippen LogP contribution in [0.15, 0.2) is 12.2 Å². The summed E-state index contributed by atoms with van der Waals surface area (Å²) in [7, 11) is 0. The molecule has 0 radical (unpaired) electrons. The van der Waals surface area contributed by atoms with Gasteiger partial charge in [0, 0.05) is 11.6 Å². The van der Waals surface area contributed by atoms with Crippen molar-refractivity contribution in [2.75, 3.05) is 0 Å². The second-order valence-electron chi connectivity index (χ2n) is 1.21. The first-order valence-corrected chi connectivity index (χ1v) is 2.21. The Morgan fingerprint density at radius 1 is 1.71 bits per heavy atom. The fourth-order valence-electron chi connectivity index (χ4n) is 0.231. The molecule has 0 heterocycles. The number of hydrogen-bond acceptors (Lipinski definition) is 2. The highest BCUT2D eigenvalue weighted by atomic mass is 35.5. The van der Waals surface area contributed by atoms with Gasteiger partial charge in [-0.25, -0.2) is 4.79 Å². The Bertz CT molecular complexity index is 113. The lowest BCUT2D eigenvalue weighted by molar-refractivity contribution is 0.174. The average Bonchev–Trinajstić information content (AvgIpc) is 2.17. The van der Waals surface area contributed by atoms with Crippen molar-refractivity contribution in [3.05, 3.63) is 12.2 Å². The first-order valence-electron chi connectivity index (χ1n) is 1.83. The second kappa shape index (κ2) is 1.54. The van der Waals surface area contributed by atoms with Crippen molar-refractivity contribution >= 4 is 17.0 Å². The molecule has 0 spiro atoms. The van der Waals surface area contributed by atoms with Crippen LogP contribution >= 0.6 is 11.6 Å². The highest BCUT2D eigenvalue weighted by molar-refractivity contribution is 6.61. The van der Waals surface area contributed by atoms with Crippen LogP contribution in [-0.2, 0) is 4.74 Å². The van der Waals surface area contributed by atoms with E-state index in [1.807, 2.05) is 0 Å². The molecule has 0 amide bonds. The van der Waals surface area contributed by atoms with E-state index < -0.39 is 5.43 Å². The van der Waals surface area contributed by atoms with Crippen LogP contribution in [0.4, 0.5) is 4.79 Å². The molecule has 38 valence electrons. The van der Waals surface area contributed by atoms with Crippen LogP contribution in [0.1, 0.15) is 0 Å². The molecule has 0 fully saturated rings. The van der Waals surface area contributed by atoms with Gasteiger partial charge in [-0.2, -0.15) is 0 Å². The Balaban J connectivity index is 2.10. The van der Waals surface area contributed by atoms with Crippen LogP contribution < -0.4 is 0 Å². The Morgan fingerprint density at radius 2 is 2.29 bits per heavy atom. The Labute approximate surface area is 45.7 Å². The first-order chi connectivity index (χ1) is 3.29. The largest absolute Gasteiger partial charge is 0.442 e. The van der Waals surface area contributed by atoms with Crippen molar-refractivity contribution in [1.82, 2.24) is 0 Å². The summed E-state index contributed by atoms with van der Waals surface area (Å²) in [5, 5.41) is 0. The highest BCUT2D eigenvalue weighted by Gasteiger charge is 2.13. The van der Waals surface area contributed by atoms with Gasteiger partial charge in [0.05, 0.1) is 0 Å². The van der Waals surface area contributed by atoms with E-state index in [2.05, 4.69) is 4.74 Å². The molecule has 3 heteroatoms. The standard InChI is InChI=1S/C4H3ClO2/c5-4(6)7-3-1-2-3/h1-3H. The summed E-state index contributed by atoms with van der Waals surface area (Å²) in [6.45, 7) is 0. The molecule has 7 heavy (non-hydrogen) atoms. The monoisotopic (exact) mass is 118 g/mol. The van der Waals surface area contributed by atoms with Crippen molar-refractivity contribution in [1.29, 1.82) is 0 Å². The van der Waals surface area contributed by atoms with Gasteiger partial charge in [0.1, 0.15) is 6.10 Å². The molecular formula is C4H3ClO2. The Kier molecular flexibility index (Phi) is 1.02. The van der Waals surface area contributed by atoms with E-state index in [0.717, 1.165) is 0 Å². The SMILES string of the molecule is O=C(Cl)OC1C=C1. The van der Waals surface area contributed by atoms with Gasteiger partial charge in [-0.3, -0.25) is 0 Å². The second-order valence-corrected chi connectivity index (χ2v) is 1.51. The summed E-state index contributed by atoms with van der Waals surface area (Å²) in [4.78, 5) is 9.80. The van der Waals surface area contributed by atoms with Crippen LogP contribution in [0.5, 0.6) is 0 Å². The maximum Gasteiger partial charge on any atom is 0.404 e. The van der Waals surface area contributed by atoms with Crippen molar-refractivity contribution in [2.45, 2.75) is 6.10 Å². The summed E-state index contributed by atoms with van der Waals surface area (Å²) in [5.74, 6) is 0. The molecule has 0 atom stereocenters. The van der Waals surface area contributed by atoms with E-state index >= 15 is 0 Å². The predicted octanol–water partition coefficient (Wildman–Crippen LogP) is 1.30. The summed E-state index contributed by atoms with van der Waals surface area (Å²) >= 11 is 4.81. The number of halogens is 1. The molecule has 1 aliphatic rings. The molecule has 0 aromatic rings. The number of rotatable bonds is 1.